The molecule has 0 aromatic heterocycles. The van der Waals surface area contributed by atoms with E-state index in [1.165, 1.54) is 24.3 Å². The lowest BCUT2D eigenvalue weighted by Gasteiger charge is -2.20. The minimum absolute atomic E-state index is 0.219. The van der Waals surface area contributed by atoms with Gasteiger partial charge < -0.3 is 9.64 Å². The molecule has 1 aliphatic heterocycles. The van der Waals surface area contributed by atoms with Gasteiger partial charge >= 0.3 is 0 Å². The molecule has 0 saturated heterocycles. The second kappa shape index (κ2) is 8.68. The number of benzene rings is 3. The molecule has 1 heterocycles. The number of carbonyl (C=O) groups excluding carboxylic acids is 1. The second-order valence-corrected chi connectivity index (χ2v) is 7.42. The van der Waals surface area contributed by atoms with Gasteiger partial charge in [-0.05, 0) is 66.1 Å². The number of ether oxygens (including phenoxy) is 1. The molecule has 0 saturated carbocycles. The van der Waals surface area contributed by atoms with Crippen molar-refractivity contribution in [1.82, 2.24) is 4.90 Å². The van der Waals surface area contributed by atoms with Crippen LogP contribution in [0.25, 0.3) is 11.1 Å². The monoisotopic (exact) mass is 420 g/mol. The lowest BCUT2D eigenvalue weighted by molar-refractivity contribution is 0.0784. The lowest BCUT2D eigenvalue weighted by Crippen LogP contribution is -2.27. The van der Waals surface area contributed by atoms with E-state index in [1.807, 2.05) is 6.92 Å². The van der Waals surface area contributed by atoms with Gasteiger partial charge in [0.2, 0.25) is 0 Å². The molecule has 0 unspecified atom stereocenters. The summed E-state index contributed by atoms with van der Waals surface area (Å²) in [5.41, 5.74) is 4.26. The maximum absolute atomic E-state index is 14.0. The number of nitrogens with zero attached hydrogens (tertiary/aromatic N) is 2. The standard InChI is InChI=1S/C25H22F2N2O2/c1-3-31-24-12-17(7-8-22(24)16-5-4-6-20(26)9-16)25(30)29(2)15-19-11-21(27)10-18-13-28-14-23(18)19/h4-13H,3,14-15H2,1-2H3. The third kappa shape index (κ3) is 4.33. The number of halogens is 2. The maximum atomic E-state index is 14.0. The van der Waals surface area contributed by atoms with Crippen LogP contribution in [0.15, 0.2) is 59.6 Å². The molecule has 4 rings (SSSR count). The van der Waals surface area contributed by atoms with Gasteiger partial charge in [-0.3, -0.25) is 9.79 Å². The van der Waals surface area contributed by atoms with Crippen LogP contribution in [0.2, 0.25) is 0 Å². The molecule has 158 valence electrons. The van der Waals surface area contributed by atoms with Crippen molar-refractivity contribution in [3.63, 3.8) is 0 Å². The largest absolute Gasteiger partial charge is 0.493 e. The number of aliphatic imine (C=N–C) groups is 1. The van der Waals surface area contributed by atoms with Gasteiger partial charge in [0.1, 0.15) is 17.4 Å². The van der Waals surface area contributed by atoms with Crippen LogP contribution in [0.5, 0.6) is 5.75 Å². The summed E-state index contributed by atoms with van der Waals surface area (Å²) in [7, 11) is 1.68. The van der Waals surface area contributed by atoms with Crippen LogP contribution in [0.3, 0.4) is 0 Å². The van der Waals surface area contributed by atoms with E-state index in [-0.39, 0.29) is 24.1 Å². The highest BCUT2D eigenvalue weighted by Gasteiger charge is 2.19. The average Bonchev–Trinajstić information content (AvgIpc) is 3.22. The molecule has 0 bridgehead atoms. The summed E-state index contributed by atoms with van der Waals surface area (Å²) in [6, 6.07) is 14.3. The van der Waals surface area contributed by atoms with E-state index in [4.69, 9.17) is 4.74 Å². The van der Waals surface area contributed by atoms with Crippen LogP contribution in [-0.4, -0.2) is 30.7 Å². The van der Waals surface area contributed by atoms with Gasteiger partial charge in [-0.25, -0.2) is 8.78 Å². The molecule has 0 aliphatic carbocycles. The zero-order chi connectivity index (χ0) is 22.0. The second-order valence-electron chi connectivity index (χ2n) is 7.42. The Morgan fingerprint density at radius 2 is 1.94 bits per heavy atom. The van der Waals surface area contributed by atoms with Gasteiger partial charge in [0.25, 0.3) is 5.91 Å². The van der Waals surface area contributed by atoms with Gasteiger partial charge in [0.05, 0.1) is 13.2 Å². The Kier molecular flexibility index (Phi) is 5.80. The van der Waals surface area contributed by atoms with Crippen molar-refractivity contribution in [2.75, 3.05) is 13.7 Å². The van der Waals surface area contributed by atoms with Crippen LogP contribution < -0.4 is 4.74 Å². The fourth-order valence-electron chi connectivity index (χ4n) is 3.77. The predicted octanol–water partition coefficient (Wildman–Crippen LogP) is 5.24. The molecule has 1 amide bonds. The Hall–Kier alpha value is -3.54. The normalized spacial score (nSPS) is 12.0. The first-order valence-electron chi connectivity index (χ1n) is 10.1. The Morgan fingerprint density at radius 1 is 1.10 bits per heavy atom. The third-order valence-corrected chi connectivity index (χ3v) is 5.24. The van der Waals surface area contributed by atoms with Crippen molar-refractivity contribution in [3.8, 4) is 16.9 Å². The first-order chi connectivity index (χ1) is 15.0. The zero-order valence-electron chi connectivity index (χ0n) is 17.4. The summed E-state index contributed by atoms with van der Waals surface area (Å²) < 4.78 is 33.4. The smallest absolute Gasteiger partial charge is 0.254 e. The molecular weight excluding hydrogens is 398 g/mol. The Bertz CT molecular complexity index is 1170. The molecule has 0 fully saturated rings. The van der Waals surface area contributed by atoms with E-state index >= 15 is 0 Å². The van der Waals surface area contributed by atoms with Crippen molar-refractivity contribution in [1.29, 1.82) is 0 Å². The van der Waals surface area contributed by atoms with Gasteiger partial charge in [0, 0.05) is 36.5 Å². The van der Waals surface area contributed by atoms with Crippen LogP contribution in [0.4, 0.5) is 8.78 Å². The lowest BCUT2D eigenvalue weighted by atomic mass is 10.0. The van der Waals surface area contributed by atoms with E-state index in [0.717, 1.165) is 16.7 Å². The molecule has 0 spiro atoms. The minimum Gasteiger partial charge on any atom is -0.493 e. The fraction of sp³-hybridized carbons (Fsp3) is 0.200. The molecule has 0 N–H and O–H groups in total. The van der Waals surface area contributed by atoms with Crippen molar-refractivity contribution >= 4 is 12.1 Å². The fourth-order valence-corrected chi connectivity index (χ4v) is 3.77. The van der Waals surface area contributed by atoms with Crippen LogP contribution >= 0.6 is 0 Å². The summed E-state index contributed by atoms with van der Waals surface area (Å²) in [4.78, 5) is 18.8. The molecule has 0 atom stereocenters. The van der Waals surface area contributed by atoms with Gasteiger partial charge in [-0.15, -0.1) is 0 Å². The molecule has 6 heteroatoms. The van der Waals surface area contributed by atoms with Gasteiger partial charge in [0.15, 0.2) is 0 Å². The first-order valence-corrected chi connectivity index (χ1v) is 10.1. The Balaban J connectivity index is 1.61. The number of amides is 1. The van der Waals surface area contributed by atoms with Crippen molar-refractivity contribution in [2.45, 2.75) is 20.0 Å². The topological polar surface area (TPSA) is 41.9 Å². The Morgan fingerprint density at radius 3 is 2.71 bits per heavy atom. The number of carbonyl (C=O) groups is 1. The summed E-state index contributed by atoms with van der Waals surface area (Å²) in [5, 5.41) is 0. The average molecular weight is 420 g/mol. The highest BCUT2D eigenvalue weighted by atomic mass is 19.1. The van der Waals surface area contributed by atoms with Crippen molar-refractivity contribution in [3.05, 3.63) is 88.5 Å². The summed E-state index contributed by atoms with van der Waals surface area (Å²) in [6.07, 6.45) is 1.66. The Labute approximate surface area is 179 Å². The molecule has 0 radical (unpaired) electrons. The molecule has 1 aliphatic rings. The van der Waals surface area contributed by atoms with Crippen molar-refractivity contribution in [2.24, 2.45) is 4.99 Å². The van der Waals surface area contributed by atoms with E-state index < -0.39 is 0 Å². The highest BCUT2D eigenvalue weighted by Crippen LogP contribution is 2.32. The number of hydrogen-bond donors (Lipinski definition) is 0. The molecule has 3 aromatic rings. The molecule has 31 heavy (non-hydrogen) atoms. The zero-order valence-corrected chi connectivity index (χ0v) is 17.4. The van der Waals surface area contributed by atoms with E-state index in [9.17, 15) is 13.6 Å². The number of rotatable bonds is 6. The van der Waals surface area contributed by atoms with Crippen LogP contribution in [0, 0.1) is 11.6 Å². The number of fused-ring (bicyclic) bond motifs is 1. The predicted molar refractivity (Wildman–Crippen MR) is 117 cm³/mol. The third-order valence-electron chi connectivity index (χ3n) is 5.24. The molecule has 3 aromatic carbocycles. The highest BCUT2D eigenvalue weighted by molar-refractivity contribution is 5.95. The summed E-state index contributed by atoms with van der Waals surface area (Å²) >= 11 is 0. The van der Waals surface area contributed by atoms with E-state index in [0.29, 0.717) is 35.6 Å². The van der Waals surface area contributed by atoms with Crippen molar-refractivity contribution < 1.29 is 18.3 Å². The number of hydrogen-bond acceptors (Lipinski definition) is 3. The van der Waals surface area contributed by atoms with Gasteiger partial charge in [-0.1, -0.05) is 12.1 Å². The maximum Gasteiger partial charge on any atom is 0.254 e. The molecular formula is C25H22F2N2O2. The van der Waals surface area contributed by atoms with Crippen LogP contribution in [0.1, 0.15) is 34.0 Å². The minimum atomic E-state index is -0.346. The van der Waals surface area contributed by atoms with E-state index in [2.05, 4.69) is 4.99 Å². The van der Waals surface area contributed by atoms with Gasteiger partial charge in [-0.2, -0.15) is 0 Å². The first kappa shape index (κ1) is 20.7. The summed E-state index contributed by atoms with van der Waals surface area (Å²) in [6.45, 7) is 3.01. The van der Waals surface area contributed by atoms with E-state index in [1.54, 1.807) is 48.5 Å². The SMILES string of the molecule is CCOc1cc(C(=O)N(C)Cc2cc(F)cc3c2CN=C3)ccc1-c1cccc(F)c1. The quantitative estimate of drug-likeness (QED) is 0.548. The summed E-state index contributed by atoms with van der Waals surface area (Å²) in [5.74, 6) is -0.400. The van der Waals surface area contributed by atoms with Crippen LogP contribution in [-0.2, 0) is 13.1 Å². The molecule has 4 nitrogen and oxygen atoms in total.